The van der Waals surface area contributed by atoms with Crippen LogP contribution in [0, 0.1) is 0 Å². The molecule has 0 saturated carbocycles. The van der Waals surface area contributed by atoms with Crippen molar-refractivity contribution in [3.8, 4) is 0 Å². The van der Waals surface area contributed by atoms with Crippen molar-refractivity contribution in [2.45, 2.75) is 51.2 Å². The number of amides is 1. The Morgan fingerprint density at radius 1 is 1.42 bits per heavy atom. The smallest absolute Gasteiger partial charge is 0.225 e. The summed E-state index contributed by atoms with van der Waals surface area (Å²) in [5, 5.41) is 11.5. The van der Waals surface area contributed by atoms with E-state index in [1.807, 2.05) is 42.3 Å². The normalized spacial score (nSPS) is 18.0. The first-order valence-electron chi connectivity index (χ1n) is 8.57. The number of hydrogen-bond donors (Lipinski definition) is 1. The summed E-state index contributed by atoms with van der Waals surface area (Å²) in [6.45, 7) is 2.12. The van der Waals surface area contributed by atoms with E-state index < -0.39 is 6.10 Å². The van der Waals surface area contributed by atoms with Crippen LogP contribution in [-0.2, 0) is 17.6 Å². The van der Waals surface area contributed by atoms with E-state index in [2.05, 4.69) is 6.92 Å². The van der Waals surface area contributed by atoms with E-state index in [-0.39, 0.29) is 18.4 Å². The zero-order chi connectivity index (χ0) is 17.1. The minimum atomic E-state index is -0.753. The molecule has 1 aromatic heterocycles. The van der Waals surface area contributed by atoms with Gasteiger partial charge in [-0.25, -0.2) is 4.98 Å². The number of aliphatic hydroxyl groups is 1. The molecular formula is C19H24N2O2S. The molecule has 2 atom stereocenters. The summed E-state index contributed by atoms with van der Waals surface area (Å²) in [5.74, 6) is -0.0179. The lowest BCUT2D eigenvalue weighted by Gasteiger charge is -2.31. The number of fused-ring (bicyclic) bond motifs is 1. The third kappa shape index (κ3) is 3.52. The maximum Gasteiger partial charge on any atom is 0.225 e. The van der Waals surface area contributed by atoms with Gasteiger partial charge in [-0.2, -0.15) is 0 Å². The maximum atomic E-state index is 12.7. The average molecular weight is 344 g/mol. The summed E-state index contributed by atoms with van der Waals surface area (Å²) in [6.07, 6.45) is 3.35. The molecule has 1 heterocycles. The number of carbonyl (C=O) groups is 1. The number of carbonyl (C=O) groups excluding carboxylic acids is 1. The topological polar surface area (TPSA) is 53.4 Å². The maximum absolute atomic E-state index is 12.7. The van der Waals surface area contributed by atoms with Crippen molar-refractivity contribution >= 4 is 17.2 Å². The summed E-state index contributed by atoms with van der Waals surface area (Å²) in [5.41, 5.74) is 1.95. The van der Waals surface area contributed by atoms with Crippen LogP contribution in [0.1, 0.15) is 59.5 Å². The molecule has 1 aliphatic carbocycles. The van der Waals surface area contributed by atoms with E-state index >= 15 is 0 Å². The fourth-order valence-corrected chi connectivity index (χ4v) is 4.48. The molecule has 1 aliphatic rings. The fourth-order valence-electron chi connectivity index (χ4n) is 3.24. The van der Waals surface area contributed by atoms with Crippen molar-refractivity contribution in [2.24, 2.45) is 0 Å². The predicted molar refractivity (Wildman–Crippen MR) is 96.0 cm³/mol. The van der Waals surface area contributed by atoms with Crippen LogP contribution in [0.15, 0.2) is 30.3 Å². The minimum Gasteiger partial charge on any atom is -0.388 e. The Balaban J connectivity index is 1.71. The molecule has 2 aromatic rings. The predicted octanol–water partition coefficient (Wildman–Crippen LogP) is 3.67. The van der Waals surface area contributed by atoms with Crippen molar-refractivity contribution in [2.75, 3.05) is 7.05 Å². The first kappa shape index (κ1) is 17.1. The number of rotatable bonds is 5. The Morgan fingerprint density at radius 2 is 2.17 bits per heavy atom. The number of benzene rings is 1. The highest BCUT2D eigenvalue weighted by Crippen LogP contribution is 2.38. The van der Waals surface area contributed by atoms with Gasteiger partial charge in [0.25, 0.3) is 0 Å². The number of aromatic nitrogens is 1. The van der Waals surface area contributed by atoms with E-state index in [0.717, 1.165) is 41.9 Å². The van der Waals surface area contributed by atoms with E-state index in [9.17, 15) is 9.90 Å². The van der Waals surface area contributed by atoms with E-state index in [1.54, 1.807) is 11.3 Å². The van der Waals surface area contributed by atoms with E-state index in [1.165, 1.54) is 4.88 Å². The van der Waals surface area contributed by atoms with E-state index in [0.29, 0.717) is 0 Å². The molecule has 1 amide bonds. The quantitative estimate of drug-likeness (QED) is 0.900. The van der Waals surface area contributed by atoms with Crippen LogP contribution in [0.2, 0.25) is 0 Å². The molecular weight excluding hydrogens is 320 g/mol. The van der Waals surface area contributed by atoms with Crippen LogP contribution in [-0.4, -0.2) is 27.9 Å². The zero-order valence-electron chi connectivity index (χ0n) is 14.2. The lowest BCUT2D eigenvalue weighted by molar-refractivity contribution is -0.134. The molecule has 0 fully saturated rings. The second-order valence-corrected chi connectivity index (χ2v) is 7.43. The number of hydrogen-bond acceptors (Lipinski definition) is 4. The summed E-state index contributed by atoms with van der Waals surface area (Å²) in [7, 11) is 1.85. The van der Waals surface area contributed by atoms with Crippen LogP contribution < -0.4 is 0 Å². The Labute approximate surface area is 147 Å². The van der Waals surface area contributed by atoms with Crippen LogP contribution >= 0.6 is 11.3 Å². The van der Waals surface area contributed by atoms with Crippen molar-refractivity contribution in [1.29, 1.82) is 0 Å². The van der Waals surface area contributed by atoms with E-state index in [4.69, 9.17) is 4.98 Å². The molecule has 2 unspecified atom stereocenters. The molecule has 0 spiro atoms. The first-order valence-corrected chi connectivity index (χ1v) is 9.39. The third-order valence-electron chi connectivity index (χ3n) is 4.68. The SMILES string of the molecule is CCc1nc2c(s1)C(N(C)C(=O)CC(O)c1ccccc1)CCC2. The fraction of sp³-hybridized carbons (Fsp3) is 0.474. The van der Waals surface area contributed by atoms with Crippen molar-refractivity contribution in [3.63, 3.8) is 0 Å². The van der Waals surface area contributed by atoms with Crippen LogP contribution in [0.25, 0.3) is 0 Å². The molecule has 1 aromatic carbocycles. The Hall–Kier alpha value is -1.72. The number of aliphatic hydroxyl groups excluding tert-OH is 1. The van der Waals surface area contributed by atoms with Crippen molar-refractivity contribution < 1.29 is 9.90 Å². The van der Waals surface area contributed by atoms with Crippen LogP contribution in [0.4, 0.5) is 0 Å². The molecule has 4 nitrogen and oxygen atoms in total. The first-order chi connectivity index (χ1) is 11.6. The van der Waals surface area contributed by atoms with Gasteiger partial charge in [0.05, 0.1) is 34.1 Å². The summed E-state index contributed by atoms with van der Waals surface area (Å²) in [6, 6.07) is 9.47. The number of aryl methyl sites for hydroxylation is 2. The largest absolute Gasteiger partial charge is 0.388 e. The second kappa shape index (κ2) is 7.45. The molecule has 0 aliphatic heterocycles. The molecule has 24 heavy (non-hydrogen) atoms. The van der Waals surface area contributed by atoms with Gasteiger partial charge in [0.15, 0.2) is 0 Å². The molecule has 0 bridgehead atoms. The Kier molecular flexibility index (Phi) is 5.31. The molecule has 0 radical (unpaired) electrons. The summed E-state index contributed by atoms with van der Waals surface area (Å²) >= 11 is 1.74. The van der Waals surface area contributed by atoms with Gasteiger partial charge in [0.2, 0.25) is 5.91 Å². The number of thiazole rings is 1. The summed E-state index contributed by atoms with van der Waals surface area (Å²) < 4.78 is 0. The Morgan fingerprint density at radius 3 is 2.88 bits per heavy atom. The van der Waals surface area contributed by atoms with Gasteiger partial charge in [-0.1, -0.05) is 37.3 Å². The standard InChI is InChI=1S/C19H24N2O2S/c1-3-17-20-14-10-7-11-15(19(14)24-17)21(2)18(23)12-16(22)13-8-5-4-6-9-13/h4-6,8-9,15-16,22H,3,7,10-12H2,1-2H3. The molecule has 0 saturated heterocycles. The van der Waals surface area contributed by atoms with Gasteiger partial charge < -0.3 is 10.0 Å². The lowest BCUT2D eigenvalue weighted by atomic mass is 9.96. The molecule has 5 heteroatoms. The average Bonchev–Trinajstić information content (AvgIpc) is 3.05. The van der Waals surface area contributed by atoms with Crippen LogP contribution in [0.5, 0.6) is 0 Å². The van der Waals surface area contributed by atoms with Crippen molar-refractivity contribution in [1.82, 2.24) is 9.88 Å². The van der Waals surface area contributed by atoms with Crippen LogP contribution in [0.3, 0.4) is 0 Å². The van der Waals surface area contributed by atoms with Gasteiger partial charge in [0.1, 0.15) is 0 Å². The van der Waals surface area contributed by atoms with Gasteiger partial charge in [0, 0.05) is 7.05 Å². The van der Waals surface area contributed by atoms with Gasteiger partial charge in [-0.15, -0.1) is 11.3 Å². The summed E-state index contributed by atoms with van der Waals surface area (Å²) in [4.78, 5) is 20.4. The molecule has 128 valence electrons. The third-order valence-corrected chi connectivity index (χ3v) is 6.02. The highest BCUT2D eigenvalue weighted by Gasteiger charge is 2.30. The molecule has 1 N–H and O–H groups in total. The molecule has 3 rings (SSSR count). The number of nitrogens with zero attached hydrogens (tertiary/aromatic N) is 2. The second-order valence-electron chi connectivity index (χ2n) is 6.32. The van der Waals surface area contributed by atoms with Gasteiger partial charge in [-0.05, 0) is 31.2 Å². The zero-order valence-corrected chi connectivity index (χ0v) is 15.1. The van der Waals surface area contributed by atoms with Gasteiger partial charge >= 0.3 is 0 Å². The van der Waals surface area contributed by atoms with Gasteiger partial charge in [-0.3, -0.25) is 4.79 Å². The highest BCUT2D eigenvalue weighted by molar-refractivity contribution is 7.11. The minimum absolute atomic E-state index is 0.0179. The van der Waals surface area contributed by atoms with Crippen molar-refractivity contribution in [3.05, 3.63) is 51.5 Å². The monoisotopic (exact) mass is 344 g/mol. The highest BCUT2D eigenvalue weighted by atomic mass is 32.1. The lowest BCUT2D eigenvalue weighted by Crippen LogP contribution is -2.33. The Bertz CT molecular complexity index is 699.